The van der Waals surface area contributed by atoms with Gasteiger partial charge in [0.15, 0.2) is 5.52 Å². The Hall–Kier alpha value is -0.0826. The quantitative estimate of drug-likeness (QED) is 0.586. The van der Waals surface area contributed by atoms with Crippen molar-refractivity contribution < 1.29 is 4.79 Å². The van der Waals surface area contributed by atoms with Crippen molar-refractivity contribution in [1.29, 1.82) is 0 Å². The Labute approximate surface area is 137 Å². The molecule has 1 aliphatic carbocycles. The zero-order valence-corrected chi connectivity index (χ0v) is 13.5. The molecule has 3 heteroatoms. The monoisotopic (exact) mass is 283 g/mol. The SMILES string of the molecule is Cc1cc(C)c(C(=O)P[C]2CCCCC2)c(C)c1C.[LiH]. The van der Waals surface area contributed by atoms with E-state index in [1.54, 1.807) is 0 Å². The van der Waals surface area contributed by atoms with Crippen molar-refractivity contribution in [3.8, 4) is 0 Å². The Morgan fingerprint density at radius 2 is 1.55 bits per heavy atom. The summed E-state index contributed by atoms with van der Waals surface area (Å²) >= 11 is 0. The van der Waals surface area contributed by atoms with Gasteiger partial charge < -0.3 is 0 Å². The van der Waals surface area contributed by atoms with Gasteiger partial charge in [-0.3, -0.25) is 4.79 Å². The molecule has 1 unspecified atom stereocenters. The van der Waals surface area contributed by atoms with Crippen LogP contribution in [-0.4, -0.2) is 24.4 Å². The molecular formula is C17H25LiOP. The van der Waals surface area contributed by atoms with E-state index in [9.17, 15) is 4.79 Å². The molecule has 1 aromatic carbocycles. The fraction of sp³-hybridized carbons (Fsp3) is 0.529. The number of hydrogen-bond donors (Lipinski definition) is 0. The third-order valence-corrected chi connectivity index (χ3v) is 5.66. The molecule has 0 aromatic heterocycles. The zero-order valence-electron chi connectivity index (χ0n) is 12.5. The molecular weight excluding hydrogens is 258 g/mol. The molecule has 0 amide bonds. The summed E-state index contributed by atoms with van der Waals surface area (Å²) in [5.74, 6) is 0. The first-order valence-electron chi connectivity index (χ1n) is 7.24. The van der Waals surface area contributed by atoms with Gasteiger partial charge in [-0.05, 0) is 71.4 Å². The van der Waals surface area contributed by atoms with E-state index in [0.717, 1.165) is 11.1 Å². The summed E-state index contributed by atoms with van der Waals surface area (Å²) in [5, 5.41) is 0. The van der Waals surface area contributed by atoms with E-state index in [0.29, 0.717) is 14.1 Å². The Morgan fingerprint density at radius 1 is 0.950 bits per heavy atom. The standard InChI is InChI=1S/C17H24OP.Li.H/c1-11-10-12(2)16(14(4)13(11)3)17(18)19-15-8-6-5-7-9-15;;/h10,19H,5-9H2,1-4H3;;. The summed E-state index contributed by atoms with van der Waals surface area (Å²) < 4.78 is 0. The van der Waals surface area contributed by atoms with Crippen LogP contribution in [-0.2, 0) is 0 Å². The van der Waals surface area contributed by atoms with Crippen molar-refractivity contribution in [3.05, 3.63) is 39.5 Å². The van der Waals surface area contributed by atoms with Crippen molar-refractivity contribution >= 4 is 33.0 Å². The summed E-state index contributed by atoms with van der Waals surface area (Å²) in [6, 6.07) is 2.16. The number of aryl methyl sites for hydroxylation is 2. The van der Waals surface area contributed by atoms with Crippen LogP contribution in [0, 0.1) is 33.4 Å². The van der Waals surface area contributed by atoms with Gasteiger partial charge in [-0.2, -0.15) is 0 Å². The Morgan fingerprint density at radius 3 is 2.15 bits per heavy atom. The van der Waals surface area contributed by atoms with E-state index in [-0.39, 0.29) is 18.9 Å². The van der Waals surface area contributed by atoms with E-state index in [4.69, 9.17) is 0 Å². The van der Waals surface area contributed by atoms with Gasteiger partial charge in [0.1, 0.15) is 0 Å². The van der Waals surface area contributed by atoms with Crippen molar-refractivity contribution in [2.75, 3.05) is 0 Å². The van der Waals surface area contributed by atoms with E-state index in [1.807, 2.05) is 0 Å². The van der Waals surface area contributed by atoms with Crippen molar-refractivity contribution in [3.63, 3.8) is 0 Å². The molecule has 20 heavy (non-hydrogen) atoms. The molecule has 0 bridgehead atoms. The van der Waals surface area contributed by atoms with E-state index >= 15 is 0 Å². The number of hydrogen-bond acceptors (Lipinski definition) is 1. The summed E-state index contributed by atoms with van der Waals surface area (Å²) in [7, 11) is 0.396. The zero-order chi connectivity index (χ0) is 14.0. The second-order valence-corrected chi connectivity index (χ2v) is 7.16. The predicted octanol–water partition coefficient (Wildman–Crippen LogP) is 4.59. The summed E-state index contributed by atoms with van der Waals surface area (Å²) in [5.41, 5.74) is 7.73. The molecule has 1 saturated carbocycles. The summed E-state index contributed by atoms with van der Waals surface area (Å²) in [6.07, 6.45) is 6.24. The average Bonchev–Trinajstić information content (AvgIpc) is 2.37. The first-order chi connectivity index (χ1) is 9.00. The first kappa shape index (κ1) is 18.0. The van der Waals surface area contributed by atoms with E-state index in [2.05, 4.69) is 33.8 Å². The van der Waals surface area contributed by atoms with Crippen molar-refractivity contribution in [1.82, 2.24) is 0 Å². The molecule has 1 atom stereocenters. The average molecular weight is 283 g/mol. The second-order valence-electron chi connectivity index (χ2n) is 5.75. The number of rotatable bonds is 3. The molecule has 0 saturated heterocycles. The normalized spacial score (nSPS) is 16.4. The van der Waals surface area contributed by atoms with Crippen molar-refractivity contribution in [2.24, 2.45) is 0 Å². The maximum atomic E-state index is 12.6. The number of carbonyl (C=O) groups is 1. The van der Waals surface area contributed by atoms with Crippen LogP contribution < -0.4 is 0 Å². The Bertz CT molecular complexity index is 490. The van der Waals surface area contributed by atoms with Crippen LogP contribution in [0.3, 0.4) is 0 Å². The Balaban J connectivity index is 0.00000200. The van der Waals surface area contributed by atoms with Crippen LogP contribution in [0.4, 0.5) is 0 Å². The summed E-state index contributed by atoms with van der Waals surface area (Å²) in [6.45, 7) is 8.42. The van der Waals surface area contributed by atoms with Gasteiger partial charge in [-0.15, -0.1) is 0 Å². The second kappa shape index (κ2) is 7.79. The molecule has 1 aromatic rings. The first-order valence-corrected chi connectivity index (χ1v) is 8.24. The van der Waals surface area contributed by atoms with E-state index < -0.39 is 0 Å². The van der Waals surface area contributed by atoms with Gasteiger partial charge in [0.25, 0.3) is 0 Å². The molecule has 0 spiro atoms. The molecule has 1 radical (unpaired) electrons. The van der Waals surface area contributed by atoms with Crippen molar-refractivity contribution in [2.45, 2.75) is 59.8 Å². The van der Waals surface area contributed by atoms with Gasteiger partial charge in [0, 0.05) is 11.2 Å². The van der Waals surface area contributed by atoms with Gasteiger partial charge >= 0.3 is 18.9 Å². The molecule has 1 aliphatic rings. The van der Waals surface area contributed by atoms with Gasteiger partial charge in [0.05, 0.1) is 0 Å². The number of carbonyl (C=O) groups excluding carboxylic acids is 1. The summed E-state index contributed by atoms with van der Waals surface area (Å²) in [4.78, 5) is 12.6. The van der Waals surface area contributed by atoms with Crippen LogP contribution in [0.15, 0.2) is 6.07 Å². The minimum atomic E-state index is 0. The number of benzene rings is 1. The molecule has 0 heterocycles. The Kier molecular flexibility index (Phi) is 7.00. The van der Waals surface area contributed by atoms with Gasteiger partial charge in [-0.1, -0.05) is 25.3 Å². The fourth-order valence-electron chi connectivity index (χ4n) is 2.96. The molecule has 0 N–H and O–H groups in total. The topological polar surface area (TPSA) is 17.1 Å². The van der Waals surface area contributed by atoms with Crippen LogP contribution in [0.2, 0.25) is 0 Å². The molecule has 105 valence electrons. The van der Waals surface area contributed by atoms with Gasteiger partial charge in [0.2, 0.25) is 0 Å². The fourth-order valence-corrected chi connectivity index (χ4v) is 4.39. The van der Waals surface area contributed by atoms with Crippen LogP contribution in [0.1, 0.15) is 64.7 Å². The predicted molar refractivity (Wildman–Crippen MR) is 91.5 cm³/mol. The molecule has 1 nitrogen and oxygen atoms in total. The van der Waals surface area contributed by atoms with Gasteiger partial charge in [-0.25, -0.2) is 0 Å². The molecule has 2 rings (SSSR count). The van der Waals surface area contributed by atoms with Crippen LogP contribution >= 0.6 is 8.58 Å². The third-order valence-electron chi connectivity index (χ3n) is 4.33. The maximum absolute atomic E-state index is 12.6. The third kappa shape index (κ3) is 3.97. The molecule has 0 aliphatic heterocycles. The van der Waals surface area contributed by atoms with E-state index in [1.165, 1.54) is 54.5 Å². The molecule has 1 fully saturated rings. The van der Waals surface area contributed by atoms with Crippen LogP contribution in [0.25, 0.3) is 0 Å². The van der Waals surface area contributed by atoms with Crippen LogP contribution in [0.5, 0.6) is 0 Å². The minimum absolute atomic E-state index is 0.